The Labute approximate surface area is 87.6 Å². The zero-order chi connectivity index (χ0) is 11.0. The van der Waals surface area contributed by atoms with Gasteiger partial charge in [-0.3, -0.25) is 0 Å². The van der Waals surface area contributed by atoms with Crippen LogP contribution in [0.1, 0.15) is 6.42 Å². The van der Waals surface area contributed by atoms with Crippen LogP contribution in [0.3, 0.4) is 0 Å². The van der Waals surface area contributed by atoms with Gasteiger partial charge in [-0.1, -0.05) is 6.58 Å². The molecule has 0 rings (SSSR count). The molecule has 0 aliphatic carbocycles. The fraction of sp³-hybridized carbons (Fsp3) is 0.667. The standard InChI is InChI=1S/C9H15O4Si/c1-4-8(10)13-6-5-7(14)9(11-2)12-3/h4,7,9H,1,5-6H2,2-3H3. The maximum Gasteiger partial charge on any atom is 0.330 e. The van der Waals surface area contributed by atoms with Gasteiger partial charge in [0.15, 0.2) is 6.29 Å². The lowest BCUT2D eigenvalue weighted by Gasteiger charge is -2.20. The van der Waals surface area contributed by atoms with E-state index in [-0.39, 0.29) is 11.8 Å². The van der Waals surface area contributed by atoms with E-state index >= 15 is 0 Å². The van der Waals surface area contributed by atoms with E-state index in [0.29, 0.717) is 13.0 Å². The zero-order valence-electron chi connectivity index (χ0n) is 8.49. The summed E-state index contributed by atoms with van der Waals surface area (Å²) in [4.78, 5) is 10.7. The first-order valence-electron chi connectivity index (χ1n) is 4.21. The summed E-state index contributed by atoms with van der Waals surface area (Å²) in [5.74, 6) is -0.421. The molecule has 79 valence electrons. The quantitative estimate of drug-likeness (QED) is 0.271. The number of rotatable bonds is 7. The summed E-state index contributed by atoms with van der Waals surface area (Å²) < 4.78 is 14.8. The molecule has 1 atom stereocenters. The first-order chi connectivity index (χ1) is 6.65. The summed E-state index contributed by atoms with van der Waals surface area (Å²) in [5, 5.41) is 0. The largest absolute Gasteiger partial charge is 0.463 e. The first kappa shape index (κ1) is 13.3. The highest BCUT2D eigenvalue weighted by Crippen LogP contribution is 2.14. The third kappa shape index (κ3) is 5.16. The average Bonchev–Trinajstić information content (AvgIpc) is 2.19. The molecule has 0 heterocycles. The number of carbonyl (C=O) groups is 1. The molecule has 3 radical (unpaired) electrons. The molecule has 0 bridgehead atoms. The Kier molecular flexibility index (Phi) is 7.36. The first-order valence-corrected chi connectivity index (χ1v) is 4.79. The molecule has 0 aromatic carbocycles. The van der Waals surface area contributed by atoms with E-state index in [9.17, 15) is 4.79 Å². The van der Waals surface area contributed by atoms with Crippen molar-refractivity contribution in [1.29, 1.82) is 0 Å². The molecular formula is C9H15O4Si. The number of hydrogen-bond acceptors (Lipinski definition) is 4. The van der Waals surface area contributed by atoms with Crippen LogP contribution in [0.2, 0.25) is 5.54 Å². The van der Waals surface area contributed by atoms with Crippen LogP contribution in [0.5, 0.6) is 0 Å². The molecule has 0 spiro atoms. The summed E-state index contributed by atoms with van der Waals surface area (Å²) in [6.45, 7) is 3.60. The topological polar surface area (TPSA) is 44.8 Å². The molecule has 0 saturated heterocycles. The molecule has 0 aliphatic heterocycles. The van der Waals surface area contributed by atoms with E-state index in [4.69, 9.17) is 14.2 Å². The van der Waals surface area contributed by atoms with Crippen molar-refractivity contribution in [2.24, 2.45) is 0 Å². The molecule has 0 aromatic rings. The van der Waals surface area contributed by atoms with Crippen LogP contribution in [0.25, 0.3) is 0 Å². The maximum atomic E-state index is 10.7. The molecule has 0 aromatic heterocycles. The van der Waals surface area contributed by atoms with Crippen molar-refractivity contribution in [3.8, 4) is 0 Å². The van der Waals surface area contributed by atoms with Crippen LogP contribution in [0.4, 0.5) is 0 Å². The Morgan fingerprint density at radius 1 is 1.50 bits per heavy atom. The van der Waals surface area contributed by atoms with Crippen molar-refractivity contribution in [2.75, 3.05) is 20.8 Å². The van der Waals surface area contributed by atoms with E-state index in [1.807, 2.05) is 0 Å². The maximum absolute atomic E-state index is 10.7. The third-order valence-corrected chi connectivity index (χ3v) is 2.19. The molecular weight excluding hydrogens is 200 g/mol. The van der Waals surface area contributed by atoms with Gasteiger partial charge in [0, 0.05) is 36.1 Å². The van der Waals surface area contributed by atoms with E-state index in [2.05, 4.69) is 16.8 Å². The molecule has 4 nitrogen and oxygen atoms in total. The third-order valence-electron chi connectivity index (χ3n) is 1.63. The minimum Gasteiger partial charge on any atom is -0.463 e. The van der Waals surface area contributed by atoms with E-state index < -0.39 is 5.97 Å². The van der Waals surface area contributed by atoms with Gasteiger partial charge < -0.3 is 14.2 Å². The van der Waals surface area contributed by atoms with Gasteiger partial charge in [0.1, 0.15) is 0 Å². The van der Waals surface area contributed by atoms with Crippen LogP contribution < -0.4 is 0 Å². The van der Waals surface area contributed by atoms with Crippen LogP contribution in [-0.2, 0) is 19.0 Å². The fourth-order valence-corrected chi connectivity index (χ4v) is 1.30. The van der Waals surface area contributed by atoms with Gasteiger partial charge in [-0.05, 0) is 6.42 Å². The van der Waals surface area contributed by atoms with Crippen molar-refractivity contribution in [3.05, 3.63) is 12.7 Å². The lowest BCUT2D eigenvalue weighted by Crippen LogP contribution is -2.22. The summed E-state index contributed by atoms with van der Waals surface area (Å²) in [7, 11) is 6.53. The number of esters is 1. The lowest BCUT2D eigenvalue weighted by atomic mass is 10.3. The van der Waals surface area contributed by atoms with Crippen molar-refractivity contribution in [2.45, 2.75) is 18.3 Å². The molecule has 1 unspecified atom stereocenters. The molecule has 5 heteroatoms. The summed E-state index contributed by atoms with van der Waals surface area (Å²) in [6.07, 6.45) is 1.41. The molecule has 0 fully saturated rings. The van der Waals surface area contributed by atoms with Crippen LogP contribution in [0, 0.1) is 0 Å². The van der Waals surface area contributed by atoms with E-state index in [1.54, 1.807) is 14.2 Å². The van der Waals surface area contributed by atoms with Gasteiger partial charge in [0.05, 0.1) is 6.61 Å². The van der Waals surface area contributed by atoms with Gasteiger partial charge in [0.25, 0.3) is 0 Å². The molecule has 0 amide bonds. The Balaban J connectivity index is 3.66. The van der Waals surface area contributed by atoms with Crippen LogP contribution >= 0.6 is 0 Å². The summed E-state index contributed by atoms with van der Waals surface area (Å²) >= 11 is 0. The molecule has 0 aliphatic rings. The normalized spacial score (nSPS) is 12.6. The lowest BCUT2D eigenvalue weighted by molar-refractivity contribution is -0.139. The van der Waals surface area contributed by atoms with Crippen LogP contribution in [0.15, 0.2) is 12.7 Å². The smallest absolute Gasteiger partial charge is 0.330 e. The number of ether oxygens (including phenoxy) is 3. The molecule has 0 N–H and O–H groups in total. The zero-order valence-corrected chi connectivity index (χ0v) is 9.49. The van der Waals surface area contributed by atoms with E-state index in [0.717, 1.165) is 6.08 Å². The number of carbonyl (C=O) groups excluding carboxylic acids is 1. The predicted molar refractivity (Wildman–Crippen MR) is 53.1 cm³/mol. The average molecular weight is 215 g/mol. The minimum atomic E-state index is -0.421. The highest BCUT2D eigenvalue weighted by atomic mass is 28.1. The summed E-state index contributed by atoms with van der Waals surface area (Å²) in [5.41, 5.74) is -0.0115. The van der Waals surface area contributed by atoms with Gasteiger partial charge in [-0.15, -0.1) is 0 Å². The fourth-order valence-electron chi connectivity index (χ4n) is 0.906. The summed E-state index contributed by atoms with van der Waals surface area (Å²) in [6, 6.07) is 0. The van der Waals surface area contributed by atoms with Gasteiger partial charge in [-0.2, -0.15) is 0 Å². The Morgan fingerprint density at radius 2 is 2.07 bits per heavy atom. The van der Waals surface area contributed by atoms with Crippen molar-refractivity contribution in [3.63, 3.8) is 0 Å². The Bertz CT molecular complexity index is 180. The van der Waals surface area contributed by atoms with E-state index in [1.165, 1.54) is 0 Å². The second kappa shape index (κ2) is 7.72. The van der Waals surface area contributed by atoms with Crippen molar-refractivity contribution in [1.82, 2.24) is 0 Å². The number of hydrogen-bond donors (Lipinski definition) is 0. The number of methoxy groups -OCH3 is 2. The Morgan fingerprint density at radius 3 is 2.50 bits per heavy atom. The highest BCUT2D eigenvalue weighted by Gasteiger charge is 2.15. The molecule has 14 heavy (non-hydrogen) atoms. The second-order valence-corrected chi connectivity index (χ2v) is 3.35. The van der Waals surface area contributed by atoms with Crippen LogP contribution in [-0.4, -0.2) is 43.3 Å². The monoisotopic (exact) mass is 215 g/mol. The predicted octanol–water partition coefficient (Wildman–Crippen LogP) is 0.682. The molecule has 0 saturated carbocycles. The van der Waals surface area contributed by atoms with Gasteiger partial charge in [0.2, 0.25) is 0 Å². The van der Waals surface area contributed by atoms with Crippen molar-refractivity contribution >= 4 is 16.2 Å². The SMILES string of the molecule is C=CC(=O)OCCC([Si])C(OC)OC. The van der Waals surface area contributed by atoms with Gasteiger partial charge >= 0.3 is 5.97 Å². The Hall–Kier alpha value is -0.653. The minimum absolute atomic E-state index is 0.0115. The van der Waals surface area contributed by atoms with Crippen molar-refractivity contribution < 1.29 is 19.0 Å². The highest BCUT2D eigenvalue weighted by molar-refractivity contribution is 6.11. The van der Waals surface area contributed by atoms with Gasteiger partial charge in [-0.25, -0.2) is 4.79 Å². The second-order valence-electron chi connectivity index (χ2n) is 2.61.